The van der Waals surface area contributed by atoms with Crippen molar-refractivity contribution in [2.75, 3.05) is 0 Å². The first-order valence-electron chi connectivity index (χ1n) is 3.48. The van der Waals surface area contributed by atoms with E-state index in [-0.39, 0.29) is 0 Å². The number of allylic oxidation sites excluding steroid dienone is 1. The van der Waals surface area contributed by atoms with Gasteiger partial charge in [0.25, 0.3) is 0 Å². The minimum Gasteiger partial charge on any atom is -0.298 e. The highest BCUT2D eigenvalue weighted by atomic mass is 16.1. The molecule has 2 heteroatoms. The third-order valence-electron chi connectivity index (χ3n) is 1.42. The third kappa shape index (κ3) is 2.06. The van der Waals surface area contributed by atoms with E-state index in [2.05, 4.69) is 0 Å². The predicted octanol–water partition coefficient (Wildman–Crippen LogP) is 2.04. The van der Waals surface area contributed by atoms with Gasteiger partial charge < -0.3 is 0 Å². The fourth-order valence-electron chi connectivity index (χ4n) is 0.819. The zero-order valence-corrected chi connectivity index (χ0v) is 6.40. The highest BCUT2D eigenvalue weighted by Crippen LogP contribution is 2.03. The van der Waals surface area contributed by atoms with Crippen LogP contribution in [0.4, 0.5) is 0 Å². The van der Waals surface area contributed by atoms with Crippen LogP contribution in [0.15, 0.2) is 30.3 Å². The molecule has 0 fully saturated rings. The standard InChI is InChI=1S/C10H7NO/c11-7-1-2-9-3-5-10(8-12)6-4-9/h1-6,8H. The van der Waals surface area contributed by atoms with Gasteiger partial charge in [0.2, 0.25) is 0 Å². The van der Waals surface area contributed by atoms with Crippen LogP contribution in [0, 0.1) is 11.3 Å². The van der Waals surface area contributed by atoms with Gasteiger partial charge in [-0.05, 0) is 11.6 Å². The van der Waals surface area contributed by atoms with Crippen LogP contribution < -0.4 is 0 Å². The van der Waals surface area contributed by atoms with Crippen LogP contribution in [0.5, 0.6) is 0 Å². The van der Waals surface area contributed by atoms with Gasteiger partial charge in [0, 0.05) is 11.6 Å². The van der Waals surface area contributed by atoms with Crippen molar-refractivity contribution in [3.8, 4) is 6.07 Å². The van der Waals surface area contributed by atoms with Crippen LogP contribution in [0.3, 0.4) is 0 Å². The number of aldehydes is 1. The first kappa shape index (κ1) is 8.22. The van der Waals surface area contributed by atoms with Crippen molar-refractivity contribution >= 4 is 12.4 Å². The topological polar surface area (TPSA) is 40.9 Å². The molecule has 0 aliphatic carbocycles. The van der Waals surface area contributed by atoms with Crippen molar-refractivity contribution < 1.29 is 4.79 Å². The summed E-state index contributed by atoms with van der Waals surface area (Å²) in [7, 11) is 0. The van der Waals surface area contributed by atoms with E-state index in [4.69, 9.17) is 5.26 Å². The number of rotatable bonds is 2. The lowest BCUT2D eigenvalue weighted by atomic mass is 10.1. The Morgan fingerprint density at radius 2 is 1.75 bits per heavy atom. The molecule has 58 valence electrons. The molecule has 2 nitrogen and oxygen atoms in total. The molecule has 0 radical (unpaired) electrons. The SMILES string of the molecule is N#CC=Cc1ccc(C=O)cc1. The number of nitriles is 1. The molecule has 0 atom stereocenters. The molecule has 0 unspecified atom stereocenters. The van der Waals surface area contributed by atoms with Gasteiger partial charge in [0.15, 0.2) is 0 Å². The number of carbonyl (C=O) groups is 1. The number of benzene rings is 1. The first-order chi connectivity index (χ1) is 5.86. The molecule has 12 heavy (non-hydrogen) atoms. The molecular formula is C10H7NO. The third-order valence-corrected chi connectivity index (χ3v) is 1.42. The molecular weight excluding hydrogens is 150 g/mol. The lowest BCUT2D eigenvalue weighted by Crippen LogP contribution is -1.78. The van der Waals surface area contributed by atoms with Crippen molar-refractivity contribution in [2.45, 2.75) is 0 Å². The molecule has 0 N–H and O–H groups in total. The minimum absolute atomic E-state index is 0.643. The Balaban J connectivity index is 2.86. The van der Waals surface area contributed by atoms with Crippen molar-refractivity contribution in [1.82, 2.24) is 0 Å². The number of hydrogen-bond acceptors (Lipinski definition) is 2. The molecule has 0 saturated carbocycles. The Kier molecular flexibility index (Phi) is 2.80. The van der Waals surface area contributed by atoms with Crippen LogP contribution in [-0.2, 0) is 0 Å². The lowest BCUT2D eigenvalue weighted by molar-refractivity contribution is 0.112. The summed E-state index contributed by atoms with van der Waals surface area (Å²) in [5.41, 5.74) is 1.56. The predicted molar refractivity (Wildman–Crippen MR) is 46.5 cm³/mol. The van der Waals surface area contributed by atoms with Crippen molar-refractivity contribution in [1.29, 1.82) is 5.26 Å². The Morgan fingerprint density at radius 1 is 1.17 bits per heavy atom. The molecule has 0 amide bonds. The molecule has 0 spiro atoms. The van der Waals surface area contributed by atoms with E-state index < -0.39 is 0 Å². The van der Waals surface area contributed by atoms with Crippen LogP contribution in [0.2, 0.25) is 0 Å². The van der Waals surface area contributed by atoms with E-state index >= 15 is 0 Å². The van der Waals surface area contributed by atoms with Gasteiger partial charge in [-0.15, -0.1) is 0 Å². The fourth-order valence-corrected chi connectivity index (χ4v) is 0.819. The highest BCUT2D eigenvalue weighted by Gasteiger charge is 1.88. The van der Waals surface area contributed by atoms with E-state index in [1.54, 1.807) is 30.3 Å². The Bertz CT molecular complexity index is 330. The molecule has 1 aromatic rings. The molecule has 0 aliphatic rings. The normalized spacial score (nSPS) is 9.58. The van der Waals surface area contributed by atoms with Gasteiger partial charge in [-0.25, -0.2) is 0 Å². The van der Waals surface area contributed by atoms with Crippen LogP contribution in [0.25, 0.3) is 6.08 Å². The molecule has 0 bridgehead atoms. The van der Waals surface area contributed by atoms with Crippen LogP contribution in [-0.4, -0.2) is 6.29 Å². The largest absolute Gasteiger partial charge is 0.298 e. The molecule has 1 aromatic carbocycles. The highest BCUT2D eigenvalue weighted by molar-refractivity contribution is 5.75. The zero-order valence-electron chi connectivity index (χ0n) is 6.40. The van der Waals surface area contributed by atoms with E-state index in [9.17, 15) is 4.79 Å². The quantitative estimate of drug-likeness (QED) is 0.487. The summed E-state index contributed by atoms with van der Waals surface area (Å²) in [6, 6.07) is 8.90. The maximum Gasteiger partial charge on any atom is 0.150 e. The summed E-state index contributed by atoms with van der Waals surface area (Å²) in [6.45, 7) is 0. The van der Waals surface area contributed by atoms with Crippen molar-refractivity contribution in [3.63, 3.8) is 0 Å². The second kappa shape index (κ2) is 4.09. The summed E-state index contributed by atoms with van der Waals surface area (Å²) < 4.78 is 0. The van der Waals surface area contributed by atoms with E-state index in [1.165, 1.54) is 6.08 Å². The molecule has 0 aromatic heterocycles. The van der Waals surface area contributed by atoms with E-state index in [1.807, 2.05) is 6.07 Å². The van der Waals surface area contributed by atoms with Gasteiger partial charge in [-0.2, -0.15) is 5.26 Å². The molecule has 0 saturated heterocycles. The summed E-state index contributed by atoms with van der Waals surface area (Å²) in [6.07, 6.45) is 3.88. The molecule has 0 heterocycles. The maximum atomic E-state index is 10.3. The van der Waals surface area contributed by atoms with Gasteiger partial charge in [0.1, 0.15) is 6.29 Å². The van der Waals surface area contributed by atoms with Gasteiger partial charge in [0.05, 0.1) is 6.07 Å². The van der Waals surface area contributed by atoms with Crippen molar-refractivity contribution in [3.05, 3.63) is 41.5 Å². The second-order valence-electron chi connectivity index (χ2n) is 2.25. The maximum absolute atomic E-state index is 10.3. The summed E-state index contributed by atoms with van der Waals surface area (Å²) in [5, 5.41) is 8.24. The Morgan fingerprint density at radius 3 is 2.25 bits per heavy atom. The number of carbonyl (C=O) groups excluding carboxylic acids is 1. The van der Waals surface area contributed by atoms with E-state index in [0.29, 0.717) is 5.56 Å². The number of hydrogen-bond donors (Lipinski definition) is 0. The van der Waals surface area contributed by atoms with Gasteiger partial charge >= 0.3 is 0 Å². The van der Waals surface area contributed by atoms with Gasteiger partial charge in [-0.1, -0.05) is 24.3 Å². The monoisotopic (exact) mass is 157 g/mol. The zero-order chi connectivity index (χ0) is 8.81. The lowest BCUT2D eigenvalue weighted by Gasteiger charge is -1.91. The smallest absolute Gasteiger partial charge is 0.150 e. The average Bonchev–Trinajstić information content (AvgIpc) is 2.15. The Labute approximate surface area is 70.8 Å². The molecule has 1 rings (SSSR count). The first-order valence-corrected chi connectivity index (χ1v) is 3.48. The van der Waals surface area contributed by atoms with Gasteiger partial charge in [-0.3, -0.25) is 4.79 Å². The van der Waals surface area contributed by atoms with Crippen molar-refractivity contribution in [2.24, 2.45) is 0 Å². The van der Waals surface area contributed by atoms with Crippen LogP contribution >= 0.6 is 0 Å². The fraction of sp³-hybridized carbons (Fsp3) is 0. The van der Waals surface area contributed by atoms with E-state index in [0.717, 1.165) is 11.8 Å². The summed E-state index contributed by atoms with van der Waals surface area (Å²) in [5.74, 6) is 0. The second-order valence-corrected chi connectivity index (χ2v) is 2.25. The summed E-state index contributed by atoms with van der Waals surface area (Å²) >= 11 is 0. The Hall–Kier alpha value is -1.88. The van der Waals surface area contributed by atoms with Crippen LogP contribution in [0.1, 0.15) is 15.9 Å². The number of nitrogens with zero attached hydrogens (tertiary/aromatic N) is 1. The molecule has 0 aliphatic heterocycles. The average molecular weight is 157 g/mol. The summed E-state index contributed by atoms with van der Waals surface area (Å²) in [4.78, 5) is 10.3. The minimum atomic E-state index is 0.643.